The van der Waals surface area contributed by atoms with E-state index in [9.17, 15) is 19.5 Å². The highest BCUT2D eigenvalue weighted by Gasteiger charge is 2.40. The minimum absolute atomic E-state index is 0.238. The smallest absolute Gasteiger partial charge is 0.407 e. The number of unbranched alkanes of at least 4 members (excludes halogenated alkanes) is 3. The fraction of sp³-hybridized carbons (Fsp3) is 0.400. The summed E-state index contributed by atoms with van der Waals surface area (Å²) < 4.78 is 15.5. The van der Waals surface area contributed by atoms with Crippen LogP contribution in [0.15, 0.2) is 53.5 Å². The maximum atomic E-state index is 13.3. The zero-order chi connectivity index (χ0) is 24.8. The third-order valence-electron chi connectivity index (χ3n) is 5.24. The number of benzene rings is 2. The van der Waals surface area contributed by atoms with E-state index in [1.807, 2.05) is 0 Å². The number of carbonyl (C=O) groups is 2. The van der Waals surface area contributed by atoms with Crippen molar-refractivity contribution in [2.45, 2.75) is 31.3 Å². The van der Waals surface area contributed by atoms with E-state index in [0.29, 0.717) is 31.0 Å². The van der Waals surface area contributed by atoms with Gasteiger partial charge in [0.1, 0.15) is 18.1 Å². The van der Waals surface area contributed by atoms with Gasteiger partial charge in [-0.3, -0.25) is 4.79 Å². The molecule has 2 N–H and O–H groups in total. The van der Waals surface area contributed by atoms with Gasteiger partial charge in [-0.25, -0.2) is 14.6 Å². The fourth-order valence-electron chi connectivity index (χ4n) is 3.25. The number of nitrogens with one attached hydrogen (secondary N) is 1. The molecule has 0 aliphatic carbocycles. The standard InChI is InChI=1S/C25H30N2O7/c1-32-21-11-7-19(8-12-21)23(29)25(31,20-9-13-22(33-2)14-10-20)17-34-24(30)27-16-6-4-3-5-15-26-18-28/h7-14,31H,3-6,15-17H2,1-2H3,(H,27,30). The second kappa shape index (κ2) is 13.8. The predicted octanol–water partition coefficient (Wildman–Crippen LogP) is 3.40. The maximum Gasteiger partial charge on any atom is 0.407 e. The van der Waals surface area contributed by atoms with Crippen molar-refractivity contribution in [1.82, 2.24) is 5.32 Å². The predicted molar refractivity (Wildman–Crippen MR) is 125 cm³/mol. The number of ketones is 1. The van der Waals surface area contributed by atoms with Crippen LogP contribution in [-0.4, -0.2) is 57.0 Å². The van der Waals surface area contributed by atoms with Gasteiger partial charge in [-0.05, 0) is 54.8 Å². The number of carbonyl (C=O) groups excluding carboxylic acids is 3. The number of hydrogen-bond acceptors (Lipinski definition) is 8. The molecule has 2 aromatic rings. The van der Waals surface area contributed by atoms with E-state index in [-0.39, 0.29) is 11.1 Å². The van der Waals surface area contributed by atoms with Gasteiger partial charge in [0.15, 0.2) is 5.60 Å². The lowest BCUT2D eigenvalue weighted by atomic mass is 9.86. The lowest BCUT2D eigenvalue weighted by Gasteiger charge is -2.27. The van der Waals surface area contributed by atoms with Crippen LogP contribution in [0.25, 0.3) is 0 Å². The summed E-state index contributed by atoms with van der Waals surface area (Å²) in [4.78, 5) is 39.0. The van der Waals surface area contributed by atoms with E-state index >= 15 is 0 Å². The minimum atomic E-state index is -2.10. The van der Waals surface area contributed by atoms with Crippen LogP contribution in [-0.2, 0) is 15.1 Å². The number of amides is 1. The Morgan fingerprint density at radius 3 is 2.12 bits per heavy atom. The first kappa shape index (κ1) is 26.6. The average molecular weight is 471 g/mol. The van der Waals surface area contributed by atoms with Crippen molar-refractivity contribution in [3.8, 4) is 11.5 Å². The summed E-state index contributed by atoms with van der Waals surface area (Å²) in [6, 6.07) is 12.6. The second-order valence-corrected chi connectivity index (χ2v) is 7.54. The second-order valence-electron chi connectivity index (χ2n) is 7.54. The zero-order valence-corrected chi connectivity index (χ0v) is 19.4. The Balaban J connectivity index is 2.02. The van der Waals surface area contributed by atoms with E-state index in [2.05, 4.69) is 10.3 Å². The number of alkyl carbamates (subject to hydrolysis) is 1. The molecule has 1 atom stereocenters. The monoisotopic (exact) mass is 470 g/mol. The molecule has 9 heteroatoms. The first-order valence-corrected chi connectivity index (χ1v) is 10.9. The van der Waals surface area contributed by atoms with Crippen molar-refractivity contribution in [1.29, 1.82) is 0 Å². The minimum Gasteiger partial charge on any atom is -0.497 e. The topological polar surface area (TPSA) is 124 Å². The largest absolute Gasteiger partial charge is 0.497 e. The Morgan fingerprint density at radius 2 is 1.53 bits per heavy atom. The number of rotatable bonds is 14. The first-order valence-electron chi connectivity index (χ1n) is 10.9. The number of ether oxygens (including phenoxy) is 3. The summed E-state index contributed by atoms with van der Waals surface area (Å²) in [5.41, 5.74) is -1.60. The number of nitrogens with zero attached hydrogens (tertiary/aromatic N) is 1. The van der Waals surface area contributed by atoms with Crippen LogP contribution < -0.4 is 14.8 Å². The van der Waals surface area contributed by atoms with Crippen molar-refractivity contribution in [2.75, 3.05) is 33.9 Å². The molecule has 0 spiro atoms. The molecule has 34 heavy (non-hydrogen) atoms. The van der Waals surface area contributed by atoms with Crippen molar-refractivity contribution >= 4 is 18.0 Å². The third kappa shape index (κ3) is 7.72. The molecule has 0 saturated carbocycles. The van der Waals surface area contributed by atoms with Gasteiger partial charge in [0.05, 0.1) is 20.8 Å². The number of aliphatic hydroxyl groups is 1. The molecule has 1 unspecified atom stereocenters. The van der Waals surface area contributed by atoms with Crippen LogP contribution in [0.3, 0.4) is 0 Å². The first-order chi connectivity index (χ1) is 16.4. The number of methoxy groups -OCH3 is 2. The Morgan fingerprint density at radius 1 is 0.941 bits per heavy atom. The van der Waals surface area contributed by atoms with E-state index in [0.717, 1.165) is 19.3 Å². The molecule has 9 nitrogen and oxygen atoms in total. The number of hydrogen-bond donors (Lipinski definition) is 2. The Bertz CT molecular complexity index is 970. The van der Waals surface area contributed by atoms with Crippen molar-refractivity contribution in [2.24, 2.45) is 4.99 Å². The van der Waals surface area contributed by atoms with Crippen LogP contribution in [0.1, 0.15) is 41.6 Å². The molecule has 1 amide bonds. The fourth-order valence-corrected chi connectivity index (χ4v) is 3.25. The SMILES string of the molecule is COc1ccc(C(=O)C(O)(COC(=O)NCCCCCCN=C=O)c2ccc(OC)cc2)cc1. The quantitative estimate of drug-likeness (QED) is 0.188. The van der Waals surface area contributed by atoms with Crippen LogP contribution in [0.4, 0.5) is 4.79 Å². The normalized spacial score (nSPS) is 12.1. The van der Waals surface area contributed by atoms with Gasteiger partial charge in [0.2, 0.25) is 11.9 Å². The van der Waals surface area contributed by atoms with Gasteiger partial charge in [-0.1, -0.05) is 25.0 Å². The molecule has 0 aromatic heterocycles. The van der Waals surface area contributed by atoms with E-state index in [4.69, 9.17) is 14.2 Å². The highest BCUT2D eigenvalue weighted by molar-refractivity contribution is 6.03. The summed E-state index contributed by atoms with van der Waals surface area (Å²) in [5, 5.41) is 14.0. The van der Waals surface area contributed by atoms with Gasteiger partial charge in [0, 0.05) is 12.1 Å². The Hall–Kier alpha value is -3.68. The number of aliphatic imine (C=N–C) groups is 1. The van der Waals surface area contributed by atoms with Crippen molar-refractivity contribution < 1.29 is 33.7 Å². The summed E-state index contributed by atoms with van der Waals surface area (Å²) in [7, 11) is 3.02. The van der Waals surface area contributed by atoms with E-state index in [1.165, 1.54) is 32.4 Å². The van der Waals surface area contributed by atoms with Crippen LogP contribution in [0.2, 0.25) is 0 Å². The lowest BCUT2D eigenvalue weighted by molar-refractivity contribution is -0.0103. The molecule has 0 radical (unpaired) electrons. The third-order valence-corrected chi connectivity index (χ3v) is 5.24. The Kier molecular flexibility index (Phi) is 10.8. The van der Waals surface area contributed by atoms with Crippen LogP contribution >= 0.6 is 0 Å². The van der Waals surface area contributed by atoms with Gasteiger partial charge < -0.3 is 24.6 Å². The van der Waals surface area contributed by atoms with E-state index < -0.39 is 24.1 Å². The zero-order valence-electron chi connectivity index (χ0n) is 19.4. The molecule has 0 bridgehead atoms. The number of isocyanates is 1. The van der Waals surface area contributed by atoms with Crippen molar-refractivity contribution in [3.05, 3.63) is 59.7 Å². The van der Waals surface area contributed by atoms with Crippen LogP contribution in [0.5, 0.6) is 11.5 Å². The number of Topliss-reactive ketones (excluding diaryl/α,β-unsaturated/α-hetero) is 1. The summed E-state index contributed by atoms with van der Waals surface area (Å²) in [6.45, 7) is 0.258. The molecule has 182 valence electrons. The molecule has 0 heterocycles. The molecular weight excluding hydrogens is 440 g/mol. The molecule has 0 aliphatic rings. The Labute approximate surface area is 198 Å². The van der Waals surface area contributed by atoms with Gasteiger partial charge in [-0.2, -0.15) is 0 Å². The lowest BCUT2D eigenvalue weighted by Crippen LogP contribution is -2.42. The highest BCUT2D eigenvalue weighted by atomic mass is 16.6. The molecule has 2 aromatic carbocycles. The van der Waals surface area contributed by atoms with Gasteiger partial charge in [0.25, 0.3) is 0 Å². The molecular formula is C25H30N2O7. The van der Waals surface area contributed by atoms with Gasteiger partial charge >= 0.3 is 6.09 Å². The summed E-state index contributed by atoms with van der Waals surface area (Å²) in [5.74, 6) is 0.502. The summed E-state index contributed by atoms with van der Waals surface area (Å²) >= 11 is 0. The van der Waals surface area contributed by atoms with Crippen molar-refractivity contribution in [3.63, 3.8) is 0 Å². The summed E-state index contributed by atoms with van der Waals surface area (Å²) in [6.07, 6.45) is 3.97. The molecule has 0 fully saturated rings. The molecule has 0 aliphatic heterocycles. The van der Waals surface area contributed by atoms with Crippen LogP contribution in [0, 0.1) is 0 Å². The average Bonchev–Trinajstić information content (AvgIpc) is 2.88. The molecule has 0 saturated heterocycles. The maximum absolute atomic E-state index is 13.3. The van der Waals surface area contributed by atoms with E-state index in [1.54, 1.807) is 36.4 Å². The molecule has 2 rings (SSSR count). The highest BCUT2D eigenvalue weighted by Crippen LogP contribution is 2.29. The van der Waals surface area contributed by atoms with Gasteiger partial charge in [-0.15, -0.1) is 0 Å².